The highest BCUT2D eigenvalue weighted by atomic mass is 35.5. The van der Waals surface area contributed by atoms with Crippen LogP contribution in [0.5, 0.6) is 0 Å². The molecule has 1 saturated heterocycles. The van der Waals surface area contributed by atoms with Gasteiger partial charge in [-0.25, -0.2) is 4.84 Å². The monoisotopic (exact) mass is 259 g/mol. The fraction of sp³-hybridized carbons (Fsp3) is 1.00. The summed E-state index contributed by atoms with van der Waals surface area (Å²) in [6.07, 6.45) is 4.47. The summed E-state index contributed by atoms with van der Waals surface area (Å²) in [5, 5.41) is 0. The Hall–Kier alpha value is 0.235. The maximum atomic E-state index is 6.16. The summed E-state index contributed by atoms with van der Waals surface area (Å²) >= 11 is 5.74. The predicted octanol–water partition coefficient (Wildman–Crippen LogP) is 2.92. The second-order valence-corrected chi connectivity index (χ2v) is 6.65. The number of hydrogen-bond acceptors (Lipinski definition) is 3. The van der Waals surface area contributed by atoms with Gasteiger partial charge in [0, 0.05) is 0 Å². The van der Waals surface area contributed by atoms with Gasteiger partial charge in [-0.05, 0) is 49.8 Å². The lowest BCUT2D eigenvalue weighted by atomic mass is 9.69. The molecule has 0 radical (unpaired) electrons. The van der Waals surface area contributed by atoms with Crippen LogP contribution >= 0.6 is 11.8 Å². The van der Waals surface area contributed by atoms with Gasteiger partial charge in [-0.15, -0.1) is 0 Å². The van der Waals surface area contributed by atoms with E-state index in [0.717, 1.165) is 19.3 Å². The Labute approximate surface area is 110 Å². The van der Waals surface area contributed by atoms with E-state index in [9.17, 15) is 0 Å². The first-order chi connectivity index (χ1) is 7.90. The Morgan fingerprint density at radius 2 is 2.18 bits per heavy atom. The minimum absolute atomic E-state index is 0.0715. The zero-order chi connectivity index (χ0) is 12.7. The molecule has 0 amide bonds. The topological polar surface area (TPSA) is 30.5 Å². The van der Waals surface area contributed by atoms with Crippen LogP contribution in [0.1, 0.15) is 53.4 Å². The van der Waals surface area contributed by atoms with Gasteiger partial charge in [-0.2, -0.15) is 0 Å². The second kappa shape index (κ2) is 4.73. The summed E-state index contributed by atoms with van der Waals surface area (Å²) in [4.78, 5) is 2.76. The van der Waals surface area contributed by atoms with Crippen molar-refractivity contribution in [1.29, 1.82) is 0 Å². The molecule has 0 aromatic carbocycles. The quantitative estimate of drug-likeness (QED) is 0.624. The van der Waals surface area contributed by atoms with E-state index >= 15 is 0 Å². The van der Waals surface area contributed by atoms with Crippen molar-refractivity contribution in [2.45, 2.75) is 71.0 Å². The first kappa shape index (κ1) is 13.7. The Bertz CT molecular complexity index is 286. The molecule has 2 rings (SSSR count). The molecule has 0 aromatic heterocycles. The van der Waals surface area contributed by atoms with Crippen molar-refractivity contribution >= 4 is 18.9 Å². The van der Waals surface area contributed by atoms with Crippen LogP contribution in [0.3, 0.4) is 0 Å². The smallest absolute Gasteiger partial charge is 0.404 e. The number of fused-ring (bicyclic) bond motifs is 1. The third kappa shape index (κ3) is 2.65. The zero-order valence-electron chi connectivity index (χ0n) is 11.3. The number of hydrogen-bond donors (Lipinski definition) is 1. The number of halogens is 1. The molecule has 1 N–H and O–H groups in total. The summed E-state index contributed by atoms with van der Waals surface area (Å²) in [5.41, 5.74) is 0.202. The lowest BCUT2D eigenvalue weighted by Gasteiger charge is -2.43. The summed E-state index contributed by atoms with van der Waals surface area (Å²) in [5.74, 6) is 0.0715. The molecule has 1 aliphatic carbocycles. The zero-order valence-corrected chi connectivity index (χ0v) is 12.0. The van der Waals surface area contributed by atoms with Gasteiger partial charge >= 0.3 is 7.12 Å². The van der Waals surface area contributed by atoms with Gasteiger partial charge in [0.15, 0.2) is 0 Å². The number of nitrogens with one attached hydrogen (secondary N) is 1. The summed E-state index contributed by atoms with van der Waals surface area (Å²) in [6.45, 7) is 8.88. The highest BCUT2D eigenvalue weighted by Crippen LogP contribution is 2.47. The van der Waals surface area contributed by atoms with Crippen LogP contribution in [-0.2, 0) is 9.31 Å². The fourth-order valence-corrected chi connectivity index (χ4v) is 3.52. The molecule has 1 aliphatic heterocycles. The minimum atomic E-state index is -0.207. The van der Waals surface area contributed by atoms with Gasteiger partial charge in [-0.3, -0.25) is 0 Å². The van der Waals surface area contributed by atoms with E-state index in [0.29, 0.717) is 5.41 Å². The molecule has 5 heteroatoms. The van der Waals surface area contributed by atoms with E-state index in [1.807, 2.05) is 0 Å². The molecule has 3 nitrogen and oxygen atoms in total. The normalized spacial score (nSPS) is 37.9. The predicted molar refractivity (Wildman–Crippen MR) is 70.8 cm³/mol. The molecule has 17 heavy (non-hydrogen) atoms. The largest absolute Gasteiger partial charge is 0.477 e. The van der Waals surface area contributed by atoms with Crippen LogP contribution in [0.15, 0.2) is 0 Å². The highest BCUT2D eigenvalue weighted by Gasteiger charge is 2.54. The van der Waals surface area contributed by atoms with E-state index in [-0.39, 0.29) is 24.8 Å². The van der Waals surface area contributed by atoms with Crippen molar-refractivity contribution in [1.82, 2.24) is 4.84 Å². The van der Waals surface area contributed by atoms with Crippen molar-refractivity contribution in [3.8, 4) is 0 Å². The molecule has 0 bridgehead atoms. The van der Waals surface area contributed by atoms with Crippen molar-refractivity contribution < 1.29 is 9.31 Å². The molecule has 1 saturated carbocycles. The second-order valence-electron chi connectivity index (χ2n) is 6.43. The third-order valence-electron chi connectivity index (χ3n) is 4.19. The fourth-order valence-electron chi connectivity index (χ4n) is 3.26. The molecule has 0 spiro atoms. The maximum absolute atomic E-state index is 6.16. The van der Waals surface area contributed by atoms with Crippen molar-refractivity contribution in [3.63, 3.8) is 0 Å². The highest BCUT2D eigenvalue weighted by molar-refractivity contribution is 6.48. The summed E-state index contributed by atoms with van der Waals surface area (Å²) < 4.78 is 12.2. The molecular formula is C12H23BClNO2. The van der Waals surface area contributed by atoms with Crippen LogP contribution in [0, 0.1) is 5.41 Å². The first-order valence-electron chi connectivity index (χ1n) is 6.60. The summed E-state index contributed by atoms with van der Waals surface area (Å²) in [7, 11) is -0.207. The SMILES string of the molecule is CCC(NCl)B1OC2CCC(C)(C)CC2(C)O1. The van der Waals surface area contributed by atoms with Gasteiger partial charge in [0.25, 0.3) is 0 Å². The Morgan fingerprint density at radius 3 is 2.76 bits per heavy atom. The number of rotatable bonds is 3. The molecule has 2 fully saturated rings. The van der Waals surface area contributed by atoms with Gasteiger partial charge in [-0.1, -0.05) is 20.8 Å². The Morgan fingerprint density at radius 1 is 1.47 bits per heavy atom. The van der Waals surface area contributed by atoms with Crippen molar-refractivity contribution in [3.05, 3.63) is 0 Å². The Kier molecular flexibility index (Phi) is 3.80. The van der Waals surface area contributed by atoms with E-state index < -0.39 is 0 Å². The van der Waals surface area contributed by atoms with E-state index in [1.165, 1.54) is 6.42 Å². The van der Waals surface area contributed by atoms with E-state index in [2.05, 4.69) is 32.5 Å². The molecular weight excluding hydrogens is 236 g/mol. The molecule has 0 aromatic rings. The van der Waals surface area contributed by atoms with Crippen LogP contribution < -0.4 is 4.84 Å². The molecule has 98 valence electrons. The minimum Gasteiger partial charge on any atom is -0.404 e. The Balaban J connectivity index is 2.08. The van der Waals surface area contributed by atoms with Crippen LogP contribution in [0.2, 0.25) is 0 Å². The molecule has 1 heterocycles. The van der Waals surface area contributed by atoms with E-state index in [1.54, 1.807) is 0 Å². The summed E-state index contributed by atoms with van der Waals surface area (Å²) in [6, 6.07) is 0. The molecule has 3 unspecified atom stereocenters. The van der Waals surface area contributed by atoms with Crippen molar-refractivity contribution in [2.75, 3.05) is 0 Å². The van der Waals surface area contributed by atoms with Crippen LogP contribution in [0.4, 0.5) is 0 Å². The van der Waals surface area contributed by atoms with Gasteiger partial charge in [0.2, 0.25) is 0 Å². The third-order valence-corrected chi connectivity index (χ3v) is 4.47. The average Bonchev–Trinajstić information content (AvgIpc) is 2.54. The maximum Gasteiger partial charge on any atom is 0.477 e. The van der Waals surface area contributed by atoms with Crippen LogP contribution in [0.25, 0.3) is 0 Å². The first-order valence-corrected chi connectivity index (χ1v) is 6.97. The van der Waals surface area contributed by atoms with Gasteiger partial charge < -0.3 is 9.31 Å². The molecule has 3 atom stereocenters. The standard InChI is InChI=1S/C12H23BClNO2/c1-5-10(15-14)13-16-9-6-7-11(2,3)8-12(9,4)17-13/h9-10,15H,5-8H2,1-4H3. The van der Waals surface area contributed by atoms with Crippen LogP contribution in [-0.4, -0.2) is 24.8 Å². The van der Waals surface area contributed by atoms with Gasteiger partial charge in [0.05, 0.1) is 17.6 Å². The molecule has 2 aliphatic rings. The van der Waals surface area contributed by atoms with Gasteiger partial charge in [0.1, 0.15) is 0 Å². The lowest BCUT2D eigenvalue weighted by molar-refractivity contribution is -0.0298. The average molecular weight is 260 g/mol. The van der Waals surface area contributed by atoms with Crippen molar-refractivity contribution in [2.24, 2.45) is 5.41 Å². The lowest BCUT2D eigenvalue weighted by Crippen LogP contribution is -2.46. The van der Waals surface area contributed by atoms with E-state index in [4.69, 9.17) is 21.1 Å².